The van der Waals surface area contributed by atoms with Gasteiger partial charge in [0.2, 0.25) is 5.91 Å². The third kappa shape index (κ3) is 4.87. The number of hydrogen-bond acceptors (Lipinski definition) is 4. The molecule has 1 heterocycles. The monoisotopic (exact) mass is 320 g/mol. The number of hydrogen-bond donors (Lipinski definition) is 1. The fourth-order valence-electron chi connectivity index (χ4n) is 2.32. The van der Waals surface area contributed by atoms with Crippen LogP contribution in [0.25, 0.3) is 0 Å². The molecule has 1 aromatic carbocycles. The Balaban J connectivity index is 1.80. The summed E-state index contributed by atoms with van der Waals surface area (Å²) in [6.45, 7) is 6.73. The van der Waals surface area contributed by atoms with Crippen LogP contribution in [0.3, 0.4) is 0 Å². The molecular weight excluding hydrogens is 296 g/mol. The summed E-state index contributed by atoms with van der Waals surface area (Å²) in [6.07, 6.45) is 0.787. The zero-order valence-electron chi connectivity index (χ0n) is 13.9. The van der Waals surface area contributed by atoms with E-state index in [9.17, 15) is 9.59 Å². The van der Waals surface area contributed by atoms with E-state index in [1.165, 1.54) is 0 Å². The second-order valence-electron chi connectivity index (χ2n) is 5.89. The Bertz CT molecular complexity index is 542. The van der Waals surface area contributed by atoms with Crippen LogP contribution < -0.4 is 10.1 Å². The van der Waals surface area contributed by atoms with Crippen molar-refractivity contribution in [1.29, 1.82) is 0 Å². The van der Waals surface area contributed by atoms with E-state index >= 15 is 0 Å². The molecule has 0 aliphatic carbocycles. The van der Waals surface area contributed by atoms with Gasteiger partial charge in [-0.15, -0.1) is 0 Å². The molecule has 1 aromatic rings. The lowest BCUT2D eigenvalue weighted by Gasteiger charge is -2.16. The molecule has 1 saturated heterocycles. The van der Waals surface area contributed by atoms with Crippen molar-refractivity contribution in [1.82, 2.24) is 4.90 Å². The first-order valence-corrected chi connectivity index (χ1v) is 7.99. The maximum Gasteiger partial charge on any atom is 0.410 e. The largest absolute Gasteiger partial charge is 0.490 e. The molecule has 0 spiro atoms. The molecule has 1 unspecified atom stereocenters. The van der Waals surface area contributed by atoms with Gasteiger partial charge in [0.1, 0.15) is 12.4 Å². The summed E-state index contributed by atoms with van der Waals surface area (Å²) in [5, 5.41) is 2.82. The van der Waals surface area contributed by atoms with Crippen LogP contribution in [-0.4, -0.2) is 42.2 Å². The van der Waals surface area contributed by atoms with E-state index in [-0.39, 0.29) is 24.1 Å². The maximum atomic E-state index is 11.6. The highest BCUT2D eigenvalue weighted by Crippen LogP contribution is 2.19. The van der Waals surface area contributed by atoms with Crippen LogP contribution >= 0.6 is 0 Å². The van der Waals surface area contributed by atoms with Gasteiger partial charge in [0.15, 0.2) is 6.10 Å². The standard InChI is InChI=1S/C17H24N2O4/c1-4-5-16(20)18-13-6-8-14(9-7-13)22-11-15-10-19(12(2)3)17(21)23-15/h6-9,12,15H,4-5,10-11H2,1-3H3,(H,18,20). The van der Waals surface area contributed by atoms with Crippen LogP contribution in [0.4, 0.5) is 10.5 Å². The Kier molecular flexibility index (Phi) is 5.84. The molecule has 1 aliphatic rings. The molecule has 0 bridgehead atoms. The minimum absolute atomic E-state index is 0.00723. The minimum Gasteiger partial charge on any atom is -0.490 e. The summed E-state index contributed by atoms with van der Waals surface area (Å²) < 4.78 is 10.9. The fraction of sp³-hybridized carbons (Fsp3) is 0.529. The quantitative estimate of drug-likeness (QED) is 0.838. The molecule has 1 N–H and O–H groups in total. The Morgan fingerprint density at radius 2 is 2.09 bits per heavy atom. The number of rotatable bonds is 7. The summed E-state index contributed by atoms with van der Waals surface area (Å²) in [4.78, 5) is 24.8. The van der Waals surface area contributed by atoms with Gasteiger partial charge in [-0.1, -0.05) is 6.92 Å². The highest BCUT2D eigenvalue weighted by molar-refractivity contribution is 5.90. The van der Waals surface area contributed by atoms with Gasteiger partial charge in [-0.3, -0.25) is 4.79 Å². The van der Waals surface area contributed by atoms with Crippen LogP contribution in [0.15, 0.2) is 24.3 Å². The first-order chi connectivity index (χ1) is 11.0. The molecule has 2 amide bonds. The van der Waals surface area contributed by atoms with Crippen LogP contribution in [0.5, 0.6) is 5.75 Å². The molecule has 0 radical (unpaired) electrons. The van der Waals surface area contributed by atoms with Crippen molar-refractivity contribution in [3.8, 4) is 5.75 Å². The summed E-state index contributed by atoms with van der Waals surface area (Å²) >= 11 is 0. The lowest BCUT2D eigenvalue weighted by atomic mass is 10.2. The van der Waals surface area contributed by atoms with E-state index in [0.29, 0.717) is 25.3 Å². The van der Waals surface area contributed by atoms with Crippen molar-refractivity contribution >= 4 is 17.7 Å². The Morgan fingerprint density at radius 3 is 2.65 bits per heavy atom. The van der Waals surface area contributed by atoms with Crippen molar-refractivity contribution in [2.75, 3.05) is 18.5 Å². The highest BCUT2D eigenvalue weighted by Gasteiger charge is 2.33. The first kappa shape index (κ1) is 17.1. The van der Waals surface area contributed by atoms with Crippen LogP contribution in [0.2, 0.25) is 0 Å². The number of nitrogens with one attached hydrogen (secondary N) is 1. The molecule has 1 fully saturated rings. The van der Waals surface area contributed by atoms with Gasteiger partial charge in [-0.25, -0.2) is 4.79 Å². The molecule has 0 aromatic heterocycles. The van der Waals surface area contributed by atoms with Gasteiger partial charge < -0.3 is 19.7 Å². The highest BCUT2D eigenvalue weighted by atomic mass is 16.6. The van der Waals surface area contributed by atoms with Gasteiger partial charge in [0.05, 0.1) is 6.54 Å². The molecule has 126 valence electrons. The van der Waals surface area contributed by atoms with E-state index in [0.717, 1.165) is 12.1 Å². The number of nitrogens with zero attached hydrogens (tertiary/aromatic N) is 1. The average Bonchev–Trinajstić information content (AvgIpc) is 2.88. The third-order valence-electron chi connectivity index (χ3n) is 3.58. The number of cyclic esters (lactones) is 1. The Labute approximate surface area is 136 Å². The molecule has 23 heavy (non-hydrogen) atoms. The van der Waals surface area contributed by atoms with E-state index in [4.69, 9.17) is 9.47 Å². The maximum absolute atomic E-state index is 11.6. The van der Waals surface area contributed by atoms with E-state index in [1.807, 2.05) is 20.8 Å². The first-order valence-electron chi connectivity index (χ1n) is 7.99. The number of ether oxygens (including phenoxy) is 2. The van der Waals surface area contributed by atoms with Crippen molar-refractivity contribution in [2.24, 2.45) is 0 Å². The number of carbonyl (C=O) groups is 2. The van der Waals surface area contributed by atoms with Crippen molar-refractivity contribution < 1.29 is 19.1 Å². The lowest BCUT2D eigenvalue weighted by Crippen LogP contribution is -2.32. The summed E-state index contributed by atoms with van der Waals surface area (Å²) in [5.74, 6) is 0.686. The predicted octanol–water partition coefficient (Wildman–Crippen LogP) is 3.03. The number of carbonyl (C=O) groups excluding carboxylic acids is 2. The molecule has 0 saturated carbocycles. The number of benzene rings is 1. The van der Waals surface area contributed by atoms with Crippen molar-refractivity contribution in [3.05, 3.63) is 24.3 Å². The average molecular weight is 320 g/mol. The van der Waals surface area contributed by atoms with Gasteiger partial charge in [0, 0.05) is 18.2 Å². The number of anilines is 1. The molecule has 2 rings (SSSR count). The van der Waals surface area contributed by atoms with E-state index < -0.39 is 0 Å². The van der Waals surface area contributed by atoms with Crippen molar-refractivity contribution in [2.45, 2.75) is 45.8 Å². The summed E-state index contributed by atoms with van der Waals surface area (Å²) in [7, 11) is 0. The summed E-state index contributed by atoms with van der Waals surface area (Å²) in [6, 6.07) is 7.30. The van der Waals surface area contributed by atoms with Gasteiger partial charge in [0.25, 0.3) is 0 Å². The van der Waals surface area contributed by atoms with E-state index in [1.54, 1.807) is 29.2 Å². The van der Waals surface area contributed by atoms with Crippen LogP contribution in [-0.2, 0) is 9.53 Å². The Hall–Kier alpha value is -2.24. The van der Waals surface area contributed by atoms with Gasteiger partial charge in [-0.05, 0) is 44.5 Å². The molecule has 6 heteroatoms. The topological polar surface area (TPSA) is 67.9 Å². The second-order valence-corrected chi connectivity index (χ2v) is 5.89. The zero-order valence-corrected chi connectivity index (χ0v) is 13.9. The molecule has 1 atom stereocenters. The van der Waals surface area contributed by atoms with Gasteiger partial charge >= 0.3 is 6.09 Å². The lowest BCUT2D eigenvalue weighted by molar-refractivity contribution is -0.116. The number of amides is 2. The normalized spacial score (nSPS) is 17.3. The van der Waals surface area contributed by atoms with Gasteiger partial charge in [-0.2, -0.15) is 0 Å². The van der Waals surface area contributed by atoms with Crippen molar-refractivity contribution in [3.63, 3.8) is 0 Å². The third-order valence-corrected chi connectivity index (χ3v) is 3.58. The van der Waals surface area contributed by atoms with E-state index in [2.05, 4.69) is 5.32 Å². The smallest absolute Gasteiger partial charge is 0.410 e. The van der Waals surface area contributed by atoms with Crippen LogP contribution in [0.1, 0.15) is 33.6 Å². The van der Waals surface area contributed by atoms with Crippen LogP contribution in [0, 0.1) is 0 Å². The minimum atomic E-state index is -0.289. The molecular formula is C17H24N2O4. The second kappa shape index (κ2) is 7.85. The fourth-order valence-corrected chi connectivity index (χ4v) is 2.32. The zero-order chi connectivity index (χ0) is 16.8. The predicted molar refractivity (Wildman–Crippen MR) is 87.6 cm³/mol. The molecule has 1 aliphatic heterocycles. The summed E-state index contributed by atoms with van der Waals surface area (Å²) in [5.41, 5.74) is 0.745. The SMILES string of the molecule is CCCC(=O)Nc1ccc(OCC2CN(C(C)C)C(=O)O2)cc1. The molecule has 6 nitrogen and oxygen atoms in total. The Morgan fingerprint density at radius 1 is 1.39 bits per heavy atom.